The van der Waals surface area contributed by atoms with Crippen molar-refractivity contribution >= 4 is 28.9 Å². The molecule has 0 aliphatic carbocycles. The molecule has 3 aromatic rings. The highest BCUT2D eigenvalue weighted by Crippen LogP contribution is 2.57. The summed E-state index contributed by atoms with van der Waals surface area (Å²) in [7, 11) is 0. The lowest BCUT2D eigenvalue weighted by molar-refractivity contribution is 0.0224. The summed E-state index contributed by atoms with van der Waals surface area (Å²) in [6.07, 6.45) is 7.35. The Balaban J connectivity index is 1.55. The Morgan fingerprint density at radius 3 is 2.37 bits per heavy atom. The van der Waals surface area contributed by atoms with Crippen molar-refractivity contribution in [2.75, 3.05) is 29.9 Å². The monoisotopic (exact) mass is 532 g/mol. The highest BCUT2D eigenvalue weighted by Gasteiger charge is 2.53. The van der Waals surface area contributed by atoms with Crippen molar-refractivity contribution in [1.82, 2.24) is 0 Å². The van der Waals surface area contributed by atoms with Crippen LogP contribution in [0.25, 0.3) is 0 Å². The zero-order valence-electron chi connectivity index (χ0n) is 22.6. The smallest absolute Gasteiger partial charge is 0.340 e. The topological polar surface area (TPSA) is 50.8 Å². The number of unbranched alkanes of at least 4 members (excludes halogenated alkanes) is 5. The van der Waals surface area contributed by atoms with E-state index in [0.717, 1.165) is 54.1 Å². The van der Waals surface area contributed by atoms with Crippen LogP contribution in [0.15, 0.2) is 54.6 Å². The van der Waals surface area contributed by atoms with Gasteiger partial charge in [-0.1, -0.05) is 68.8 Å². The molecule has 1 atom stereocenters. The molecule has 0 bridgehead atoms. The van der Waals surface area contributed by atoms with Gasteiger partial charge in [-0.25, -0.2) is 4.79 Å². The van der Waals surface area contributed by atoms with Crippen LogP contribution >= 0.6 is 11.6 Å². The first kappa shape index (κ1) is 26.4. The maximum absolute atomic E-state index is 13.2. The van der Waals surface area contributed by atoms with Crippen molar-refractivity contribution in [2.45, 2.75) is 64.9 Å². The van der Waals surface area contributed by atoms with Gasteiger partial charge in [0.15, 0.2) is 5.60 Å². The Bertz CT molecular complexity index is 1320. The number of hydrogen-bond donors (Lipinski definition) is 1. The summed E-state index contributed by atoms with van der Waals surface area (Å²) >= 11 is 6.76. The molecule has 1 spiro atoms. The maximum Gasteiger partial charge on any atom is 0.340 e. The number of nitrogens with one attached hydrogen (secondary N) is 1. The Morgan fingerprint density at radius 1 is 0.842 bits per heavy atom. The predicted molar refractivity (Wildman–Crippen MR) is 155 cm³/mol. The van der Waals surface area contributed by atoms with Gasteiger partial charge in [0.1, 0.15) is 11.5 Å². The third kappa shape index (κ3) is 4.62. The average molecular weight is 533 g/mol. The first-order valence-electron chi connectivity index (χ1n) is 14.0. The second kappa shape index (κ2) is 11.3. The molecule has 5 rings (SSSR count). The van der Waals surface area contributed by atoms with E-state index >= 15 is 0 Å². The molecule has 0 fully saturated rings. The summed E-state index contributed by atoms with van der Waals surface area (Å²) in [5, 5.41) is 4.11. The van der Waals surface area contributed by atoms with Gasteiger partial charge in [0.2, 0.25) is 0 Å². The van der Waals surface area contributed by atoms with Gasteiger partial charge in [-0.05, 0) is 44.5 Å². The highest BCUT2D eigenvalue weighted by atomic mass is 35.5. The first-order chi connectivity index (χ1) is 18.5. The standard InChI is InChI=1S/C32H37ClN2O3/c1-4-7-8-9-10-13-18-34-28-20-26-30(21-27(28)33)37-29-19-22(35(5-2)6-3)16-17-25(29)32(26)24-15-12-11-14-23(24)31(36)38-32/h11-12,14-17,19-21,34H,4-10,13,18H2,1-3H3. The van der Waals surface area contributed by atoms with Gasteiger partial charge in [0.25, 0.3) is 0 Å². The number of carbonyl (C=O) groups is 1. The fraction of sp³-hybridized carbons (Fsp3) is 0.406. The van der Waals surface area contributed by atoms with Crippen LogP contribution in [-0.4, -0.2) is 25.6 Å². The second-order valence-electron chi connectivity index (χ2n) is 10.1. The minimum Gasteiger partial charge on any atom is -0.456 e. The van der Waals surface area contributed by atoms with E-state index in [1.807, 2.05) is 48.5 Å². The molecule has 5 nitrogen and oxygen atoms in total. The van der Waals surface area contributed by atoms with Crippen LogP contribution in [-0.2, 0) is 10.3 Å². The van der Waals surface area contributed by atoms with Gasteiger partial charge in [0, 0.05) is 54.1 Å². The van der Waals surface area contributed by atoms with Crippen molar-refractivity contribution in [3.63, 3.8) is 0 Å². The molecule has 0 amide bonds. The van der Waals surface area contributed by atoms with Crippen molar-refractivity contribution < 1.29 is 14.3 Å². The van der Waals surface area contributed by atoms with E-state index in [0.29, 0.717) is 22.1 Å². The summed E-state index contributed by atoms with van der Waals surface area (Å²) < 4.78 is 12.8. The number of esters is 1. The Morgan fingerprint density at radius 2 is 1.58 bits per heavy atom. The quantitative estimate of drug-likeness (QED) is 0.198. The number of ether oxygens (including phenoxy) is 2. The van der Waals surface area contributed by atoms with Crippen molar-refractivity contribution in [3.8, 4) is 11.5 Å². The molecule has 0 radical (unpaired) electrons. The summed E-state index contributed by atoms with van der Waals surface area (Å²) in [6, 6.07) is 17.7. The summed E-state index contributed by atoms with van der Waals surface area (Å²) in [5.41, 5.74) is 3.81. The molecule has 1 N–H and O–H groups in total. The normalized spacial score (nSPS) is 16.9. The Hall–Kier alpha value is -3.18. The van der Waals surface area contributed by atoms with E-state index in [4.69, 9.17) is 21.1 Å². The lowest BCUT2D eigenvalue weighted by atomic mass is 9.77. The molecule has 0 aromatic heterocycles. The van der Waals surface area contributed by atoms with Gasteiger partial charge in [-0.3, -0.25) is 0 Å². The van der Waals surface area contributed by atoms with Crippen LogP contribution in [0.5, 0.6) is 11.5 Å². The van der Waals surface area contributed by atoms with Gasteiger partial charge in [0.05, 0.1) is 16.3 Å². The highest BCUT2D eigenvalue weighted by molar-refractivity contribution is 6.33. The molecule has 0 saturated heterocycles. The van der Waals surface area contributed by atoms with Crippen molar-refractivity contribution in [3.05, 3.63) is 81.9 Å². The van der Waals surface area contributed by atoms with Crippen LogP contribution in [0.4, 0.5) is 11.4 Å². The lowest BCUT2D eigenvalue weighted by Gasteiger charge is -2.37. The summed E-state index contributed by atoms with van der Waals surface area (Å²) in [5.74, 6) is 0.952. The predicted octanol–water partition coefficient (Wildman–Crippen LogP) is 8.53. The van der Waals surface area contributed by atoms with Crippen LogP contribution < -0.4 is 15.0 Å². The fourth-order valence-electron chi connectivity index (χ4n) is 5.73. The zero-order valence-corrected chi connectivity index (χ0v) is 23.4. The minimum absolute atomic E-state index is 0.330. The third-order valence-electron chi connectivity index (χ3n) is 7.76. The second-order valence-corrected chi connectivity index (χ2v) is 10.5. The van der Waals surface area contributed by atoms with E-state index in [1.54, 1.807) is 0 Å². The number of anilines is 2. The largest absolute Gasteiger partial charge is 0.456 e. The summed E-state index contributed by atoms with van der Waals surface area (Å²) in [6.45, 7) is 9.10. The lowest BCUT2D eigenvalue weighted by Crippen LogP contribution is -2.33. The Labute approximate surface area is 231 Å². The number of nitrogens with zero attached hydrogens (tertiary/aromatic N) is 1. The van der Waals surface area contributed by atoms with E-state index in [-0.39, 0.29) is 5.97 Å². The number of carbonyl (C=O) groups excluding carboxylic acids is 1. The molecule has 38 heavy (non-hydrogen) atoms. The van der Waals surface area contributed by atoms with Gasteiger partial charge in [-0.15, -0.1) is 0 Å². The van der Waals surface area contributed by atoms with E-state index in [1.165, 1.54) is 32.1 Å². The molecule has 0 saturated carbocycles. The van der Waals surface area contributed by atoms with Gasteiger partial charge < -0.3 is 19.7 Å². The van der Waals surface area contributed by atoms with Crippen LogP contribution in [0.3, 0.4) is 0 Å². The molecular formula is C32H37ClN2O3. The minimum atomic E-state index is -1.10. The number of benzene rings is 3. The van der Waals surface area contributed by atoms with E-state index in [2.05, 4.69) is 37.1 Å². The van der Waals surface area contributed by atoms with Gasteiger partial charge in [-0.2, -0.15) is 0 Å². The fourth-order valence-corrected chi connectivity index (χ4v) is 5.95. The van der Waals surface area contributed by atoms with Crippen LogP contribution in [0.2, 0.25) is 5.02 Å². The number of rotatable bonds is 11. The van der Waals surface area contributed by atoms with Crippen molar-refractivity contribution in [2.24, 2.45) is 0 Å². The summed E-state index contributed by atoms with van der Waals surface area (Å²) in [4.78, 5) is 15.5. The number of halogens is 1. The maximum atomic E-state index is 13.2. The third-order valence-corrected chi connectivity index (χ3v) is 8.07. The molecule has 1 unspecified atom stereocenters. The Kier molecular flexibility index (Phi) is 7.85. The molecule has 2 heterocycles. The SMILES string of the molecule is CCCCCCCCNc1cc2c(cc1Cl)Oc1cc(N(CC)CC)ccc1C21OC(=O)c2ccccc21. The number of fused-ring (bicyclic) bond motifs is 6. The average Bonchev–Trinajstić information content (AvgIpc) is 3.22. The number of hydrogen-bond acceptors (Lipinski definition) is 5. The van der Waals surface area contributed by atoms with Crippen LogP contribution in [0.1, 0.15) is 86.3 Å². The zero-order chi connectivity index (χ0) is 26.7. The van der Waals surface area contributed by atoms with E-state index < -0.39 is 5.60 Å². The molecule has 2 aliphatic heterocycles. The van der Waals surface area contributed by atoms with Gasteiger partial charge >= 0.3 is 5.97 Å². The van der Waals surface area contributed by atoms with E-state index in [9.17, 15) is 4.79 Å². The first-order valence-corrected chi connectivity index (χ1v) is 14.4. The molecule has 200 valence electrons. The molecule has 2 aliphatic rings. The van der Waals surface area contributed by atoms with Crippen LogP contribution in [0, 0.1) is 0 Å². The molecular weight excluding hydrogens is 496 g/mol. The molecule has 3 aromatic carbocycles. The van der Waals surface area contributed by atoms with Crippen molar-refractivity contribution in [1.29, 1.82) is 0 Å². The molecule has 6 heteroatoms.